The van der Waals surface area contributed by atoms with Crippen LogP contribution in [0.1, 0.15) is 36.0 Å². The van der Waals surface area contributed by atoms with E-state index >= 15 is 0 Å². The lowest BCUT2D eigenvalue weighted by Crippen LogP contribution is -2.49. The minimum atomic E-state index is -3.60. The van der Waals surface area contributed by atoms with Gasteiger partial charge in [-0.1, -0.05) is 0 Å². The van der Waals surface area contributed by atoms with Gasteiger partial charge in [0.2, 0.25) is 10.0 Å². The fourth-order valence-electron chi connectivity index (χ4n) is 4.66. The first kappa shape index (κ1) is 20.8. The lowest BCUT2D eigenvalue weighted by atomic mass is 10.0. The SMILES string of the molecule is CS(=O)(=O)C1CC2CCC(C1)N2C(=O)c1ccc(S(=O)(=O)N2CCOCC2)cc1. The van der Waals surface area contributed by atoms with Gasteiger partial charge in [-0.05, 0) is 49.9 Å². The first-order chi connectivity index (χ1) is 13.7. The van der Waals surface area contributed by atoms with Gasteiger partial charge in [-0.2, -0.15) is 4.31 Å². The molecule has 8 nitrogen and oxygen atoms in total. The number of benzene rings is 1. The van der Waals surface area contributed by atoms with Crippen LogP contribution >= 0.6 is 0 Å². The molecular formula is C19H26N2O6S2. The summed E-state index contributed by atoms with van der Waals surface area (Å²) in [7, 11) is -6.72. The molecule has 29 heavy (non-hydrogen) atoms. The highest BCUT2D eigenvalue weighted by Gasteiger charge is 2.46. The highest BCUT2D eigenvalue weighted by molar-refractivity contribution is 7.91. The number of hydrogen-bond donors (Lipinski definition) is 0. The molecular weight excluding hydrogens is 416 g/mol. The summed E-state index contributed by atoms with van der Waals surface area (Å²) >= 11 is 0. The van der Waals surface area contributed by atoms with Gasteiger partial charge in [-0.3, -0.25) is 4.79 Å². The average Bonchev–Trinajstić information content (AvgIpc) is 2.96. The van der Waals surface area contributed by atoms with E-state index in [1.54, 1.807) is 12.1 Å². The van der Waals surface area contributed by atoms with Crippen LogP contribution in [-0.4, -0.2) is 81.8 Å². The minimum Gasteiger partial charge on any atom is -0.379 e. The number of rotatable bonds is 4. The highest BCUT2D eigenvalue weighted by atomic mass is 32.2. The van der Waals surface area contributed by atoms with E-state index in [2.05, 4.69) is 0 Å². The van der Waals surface area contributed by atoms with Crippen LogP contribution in [0.15, 0.2) is 29.2 Å². The maximum absolute atomic E-state index is 13.1. The molecule has 160 valence electrons. The number of hydrogen-bond acceptors (Lipinski definition) is 6. The van der Waals surface area contributed by atoms with E-state index in [1.807, 2.05) is 4.90 Å². The number of nitrogens with zero attached hydrogens (tertiary/aromatic N) is 2. The van der Waals surface area contributed by atoms with E-state index in [4.69, 9.17) is 4.74 Å². The summed E-state index contributed by atoms with van der Waals surface area (Å²) in [4.78, 5) is 15.1. The summed E-state index contributed by atoms with van der Waals surface area (Å²) in [5, 5.41) is -0.384. The third-order valence-corrected chi connectivity index (χ3v) is 9.75. The van der Waals surface area contributed by atoms with E-state index in [-0.39, 0.29) is 28.1 Å². The molecule has 0 aliphatic carbocycles. The molecule has 2 atom stereocenters. The molecule has 0 spiro atoms. The topological polar surface area (TPSA) is 101 Å². The van der Waals surface area contributed by atoms with Crippen molar-refractivity contribution < 1.29 is 26.4 Å². The lowest BCUT2D eigenvalue weighted by Gasteiger charge is -2.38. The lowest BCUT2D eigenvalue weighted by molar-refractivity contribution is 0.0598. The number of sulfone groups is 1. The van der Waals surface area contributed by atoms with Gasteiger partial charge in [-0.15, -0.1) is 0 Å². The molecule has 3 heterocycles. The van der Waals surface area contributed by atoms with Crippen LogP contribution in [0.25, 0.3) is 0 Å². The summed E-state index contributed by atoms with van der Waals surface area (Å²) in [6.07, 6.45) is 3.84. The number of ether oxygens (including phenoxy) is 1. The second kappa shape index (κ2) is 7.64. The van der Waals surface area contributed by atoms with Crippen LogP contribution < -0.4 is 0 Å². The monoisotopic (exact) mass is 442 g/mol. The Labute approximate surface area is 171 Å². The second-order valence-electron chi connectivity index (χ2n) is 8.06. The zero-order valence-corrected chi connectivity index (χ0v) is 18.0. The second-order valence-corrected chi connectivity index (χ2v) is 12.3. The van der Waals surface area contributed by atoms with E-state index in [9.17, 15) is 21.6 Å². The van der Waals surface area contributed by atoms with E-state index < -0.39 is 19.9 Å². The van der Waals surface area contributed by atoms with E-state index in [1.165, 1.54) is 22.7 Å². The van der Waals surface area contributed by atoms with Crippen molar-refractivity contribution in [2.24, 2.45) is 0 Å². The quantitative estimate of drug-likeness (QED) is 0.686. The molecule has 10 heteroatoms. The Morgan fingerprint density at radius 1 is 0.966 bits per heavy atom. The van der Waals surface area contributed by atoms with Crippen molar-refractivity contribution in [3.05, 3.63) is 29.8 Å². The van der Waals surface area contributed by atoms with Gasteiger partial charge in [0.05, 0.1) is 23.4 Å². The van der Waals surface area contributed by atoms with Crippen molar-refractivity contribution in [2.75, 3.05) is 32.6 Å². The number of sulfonamides is 1. The van der Waals surface area contributed by atoms with Gasteiger partial charge in [0, 0.05) is 37.0 Å². The maximum atomic E-state index is 13.1. The van der Waals surface area contributed by atoms with Crippen molar-refractivity contribution in [1.29, 1.82) is 0 Å². The van der Waals surface area contributed by atoms with Crippen molar-refractivity contribution in [1.82, 2.24) is 9.21 Å². The molecule has 2 unspecified atom stereocenters. The first-order valence-electron chi connectivity index (χ1n) is 9.87. The predicted molar refractivity (Wildman–Crippen MR) is 107 cm³/mol. The third-order valence-electron chi connectivity index (χ3n) is 6.24. The smallest absolute Gasteiger partial charge is 0.254 e. The van der Waals surface area contributed by atoms with Crippen LogP contribution in [0, 0.1) is 0 Å². The Morgan fingerprint density at radius 2 is 1.52 bits per heavy atom. The molecule has 1 aromatic carbocycles. The van der Waals surface area contributed by atoms with E-state index in [0.717, 1.165) is 12.8 Å². The van der Waals surface area contributed by atoms with Crippen LogP contribution in [0.2, 0.25) is 0 Å². The van der Waals surface area contributed by atoms with Crippen molar-refractivity contribution >= 4 is 25.8 Å². The Kier molecular flexibility index (Phi) is 5.47. The zero-order chi connectivity index (χ0) is 20.8. The first-order valence-corrected chi connectivity index (χ1v) is 13.3. The van der Waals surface area contributed by atoms with Crippen LogP contribution in [-0.2, 0) is 24.6 Å². The summed E-state index contributed by atoms with van der Waals surface area (Å²) in [6, 6.07) is 5.91. The third kappa shape index (κ3) is 3.95. The van der Waals surface area contributed by atoms with Gasteiger partial charge < -0.3 is 9.64 Å². The summed E-state index contributed by atoms with van der Waals surface area (Å²) in [6.45, 7) is 1.40. The van der Waals surface area contributed by atoms with Gasteiger partial charge in [0.15, 0.2) is 0 Å². The largest absolute Gasteiger partial charge is 0.379 e. The number of amides is 1. The molecule has 3 saturated heterocycles. The Morgan fingerprint density at radius 3 is 2.03 bits per heavy atom. The number of morpholine rings is 1. The van der Waals surface area contributed by atoms with E-state index in [0.29, 0.717) is 44.7 Å². The molecule has 0 N–H and O–H groups in total. The highest BCUT2D eigenvalue weighted by Crippen LogP contribution is 2.39. The van der Waals surface area contributed by atoms with Gasteiger partial charge in [-0.25, -0.2) is 16.8 Å². The fourth-order valence-corrected chi connectivity index (χ4v) is 7.21. The predicted octanol–water partition coefficient (Wildman–Crippen LogP) is 0.888. The van der Waals surface area contributed by atoms with Crippen LogP contribution in [0.5, 0.6) is 0 Å². The normalized spacial score (nSPS) is 28.4. The van der Waals surface area contributed by atoms with Crippen molar-refractivity contribution in [3.63, 3.8) is 0 Å². The Balaban J connectivity index is 1.51. The zero-order valence-electron chi connectivity index (χ0n) is 16.4. The molecule has 0 radical (unpaired) electrons. The van der Waals surface area contributed by atoms with Gasteiger partial charge in [0.1, 0.15) is 9.84 Å². The van der Waals surface area contributed by atoms with Crippen molar-refractivity contribution in [3.8, 4) is 0 Å². The van der Waals surface area contributed by atoms with Crippen molar-refractivity contribution in [2.45, 2.75) is 47.9 Å². The summed E-state index contributed by atoms with van der Waals surface area (Å²) in [5.41, 5.74) is 0.431. The maximum Gasteiger partial charge on any atom is 0.254 e. The molecule has 1 amide bonds. The Hall–Kier alpha value is -1.49. The summed E-state index contributed by atoms with van der Waals surface area (Å²) < 4.78 is 55.9. The number of carbonyl (C=O) groups excluding carboxylic acids is 1. The number of piperidine rings is 1. The number of fused-ring (bicyclic) bond motifs is 2. The minimum absolute atomic E-state index is 0.0715. The molecule has 3 aliphatic heterocycles. The molecule has 2 bridgehead atoms. The molecule has 3 fully saturated rings. The Bertz CT molecular complexity index is 970. The molecule has 0 aromatic heterocycles. The molecule has 4 rings (SSSR count). The van der Waals surface area contributed by atoms with Gasteiger partial charge >= 0.3 is 0 Å². The van der Waals surface area contributed by atoms with Crippen LogP contribution in [0.4, 0.5) is 0 Å². The summed E-state index contributed by atoms with van der Waals surface area (Å²) in [5.74, 6) is -0.153. The van der Waals surface area contributed by atoms with Crippen LogP contribution in [0.3, 0.4) is 0 Å². The molecule has 0 saturated carbocycles. The molecule has 3 aliphatic rings. The number of carbonyl (C=O) groups is 1. The fraction of sp³-hybridized carbons (Fsp3) is 0.632. The van der Waals surface area contributed by atoms with Gasteiger partial charge in [0.25, 0.3) is 5.91 Å². The standard InChI is InChI=1S/C19H26N2O6S2/c1-28(23,24)18-12-15-4-5-16(13-18)21(15)19(22)14-2-6-17(7-3-14)29(25,26)20-8-10-27-11-9-20/h2-3,6-7,15-16,18H,4-5,8-13H2,1H3. The average molecular weight is 443 g/mol. The molecule has 1 aromatic rings.